The largest absolute Gasteiger partial charge is 0.490 e. The molecular formula is C34H42FNO4. The molecule has 1 saturated heterocycles. The molecule has 214 valence electrons. The maximum absolute atomic E-state index is 15.0. The van der Waals surface area contributed by atoms with E-state index in [1.165, 1.54) is 25.3 Å². The van der Waals surface area contributed by atoms with E-state index in [1.54, 1.807) is 24.3 Å². The molecule has 0 amide bonds. The number of ether oxygens (including phenoxy) is 1. The second-order valence-electron chi connectivity index (χ2n) is 12.9. The van der Waals surface area contributed by atoms with Crippen molar-refractivity contribution >= 4 is 11.8 Å². The number of carbonyl (C=O) groups excluding carboxylic acids is 1. The Kier molecular flexibility index (Phi) is 7.98. The average molecular weight is 548 g/mol. The highest BCUT2D eigenvalue weighted by Gasteiger charge is 2.44. The predicted octanol–water partition coefficient (Wildman–Crippen LogP) is 7.67. The normalized spacial score (nSPS) is 25.5. The van der Waals surface area contributed by atoms with Crippen molar-refractivity contribution in [3.05, 3.63) is 53.3 Å². The van der Waals surface area contributed by atoms with Crippen LogP contribution in [0, 0.1) is 17.7 Å². The number of hydrogen-bond donors (Lipinski definition) is 2. The number of ketones is 1. The first kappa shape index (κ1) is 27.4. The highest BCUT2D eigenvalue weighted by molar-refractivity contribution is 5.91. The molecule has 0 unspecified atom stereocenters. The highest BCUT2D eigenvalue weighted by Crippen LogP contribution is 2.46. The number of carbonyl (C=O) groups is 2. The van der Waals surface area contributed by atoms with Crippen molar-refractivity contribution in [2.24, 2.45) is 11.8 Å². The quantitative estimate of drug-likeness (QED) is 0.282. The Balaban J connectivity index is 1.05. The zero-order chi connectivity index (χ0) is 27.7. The van der Waals surface area contributed by atoms with Crippen molar-refractivity contribution in [1.29, 1.82) is 0 Å². The van der Waals surface area contributed by atoms with E-state index in [0.29, 0.717) is 40.5 Å². The molecule has 3 saturated carbocycles. The summed E-state index contributed by atoms with van der Waals surface area (Å²) in [7, 11) is 0. The van der Waals surface area contributed by atoms with Crippen LogP contribution in [-0.2, 0) is 4.79 Å². The number of hydrogen-bond acceptors (Lipinski definition) is 4. The van der Waals surface area contributed by atoms with E-state index in [4.69, 9.17) is 4.74 Å². The smallest absolute Gasteiger partial charge is 0.335 e. The van der Waals surface area contributed by atoms with Gasteiger partial charge in [0.05, 0.1) is 11.7 Å². The minimum Gasteiger partial charge on any atom is -0.490 e. The van der Waals surface area contributed by atoms with E-state index in [9.17, 15) is 14.7 Å². The van der Waals surface area contributed by atoms with Crippen molar-refractivity contribution < 1.29 is 23.8 Å². The second-order valence-corrected chi connectivity index (χ2v) is 12.9. The lowest BCUT2D eigenvalue weighted by Gasteiger charge is -2.38. The van der Waals surface area contributed by atoms with Gasteiger partial charge in [-0.2, -0.15) is 0 Å². The summed E-state index contributed by atoms with van der Waals surface area (Å²) in [5.74, 6) is 0.828. The molecule has 2 N–H and O–H groups in total. The number of nitrogens with one attached hydrogen (secondary N) is 1. The number of aromatic carboxylic acids is 1. The molecule has 3 aliphatic carbocycles. The molecule has 4 fully saturated rings. The SMILES string of the molecule is O=C(O)c1ccc(O[C@@H]2CC[C@@H](CCCCC(=O)[C@H]3CNC4(CCC4)C3)C2)c(-c2cccc(F)c2C2CCC2)c1. The average Bonchev–Trinajstić information content (AvgIpc) is 3.55. The van der Waals surface area contributed by atoms with Crippen molar-refractivity contribution in [2.75, 3.05) is 6.54 Å². The van der Waals surface area contributed by atoms with Crippen LogP contribution in [0.15, 0.2) is 36.4 Å². The molecule has 6 heteroatoms. The van der Waals surface area contributed by atoms with Gasteiger partial charge in [0.25, 0.3) is 0 Å². The van der Waals surface area contributed by atoms with Gasteiger partial charge in [-0.05, 0) is 111 Å². The first-order valence-electron chi connectivity index (χ1n) is 15.5. The van der Waals surface area contributed by atoms with Crippen LogP contribution in [-0.4, -0.2) is 35.0 Å². The van der Waals surface area contributed by atoms with E-state index in [0.717, 1.165) is 76.3 Å². The van der Waals surface area contributed by atoms with Gasteiger partial charge in [0, 0.05) is 30.0 Å². The van der Waals surface area contributed by atoms with Crippen molar-refractivity contribution in [1.82, 2.24) is 5.32 Å². The van der Waals surface area contributed by atoms with Crippen LogP contribution in [0.1, 0.15) is 112 Å². The van der Waals surface area contributed by atoms with Gasteiger partial charge in [-0.15, -0.1) is 0 Å². The number of rotatable bonds is 11. The van der Waals surface area contributed by atoms with Crippen LogP contribution in [0.4, 0.5) is 4.39 Å². The molecule has 3 atom stereocenters. The third kappa shape index (κ3) is 5.70. The predicted molar refractivity (Wildman–Crippen MR) is 153 cm³/mol. The van der Waals surface area contributed by atoms with Crippen molar-refractivity contribution in [3.63, 3.8) is 0 Å². The lowest BCUT2D eigenvalue weighted by molar-refractivity contribution is -0.122. The minimum absolute atomic E-state index is 0.0602. The fraction of sp³-hybridized carbons (Fsp3) is 0.588. The van der Waals surface area contributed by atoms with Crippen molar-refractivity contribution in [2.45, 2.75) is 107 Å². The van der Waals surface area contributed by atoms with Crippen LogP contribution >= 0.6 is 0 Å². The van der Waals surface area contributed by atoms with Gasteiger partial charge in [-0.3, -0.25) is 4.79 Å². The summed E-state index contributed by atoms with van der Waals surface area (Å²) in [5, 5.41) is 13.3. The van der Waals surface area contributed by atoms with E-state index in [1.807, 2.05) is 6.07 Å². The second kappa shape index (κ2) is 11.6. The summed E-state index contributed by atoms with van der Waals surface area (Å²) >= 11 is 0. The van der Waals surface area contributed by atoms with Gasteiger partial charge in [0.15, 0.2) is 0 Å². The molecule has 0 bridgehead atoms. The van der Waals surface area contributed by atoms with Gasteiger partial charge in [0.2, 0.25) is 0 Å². The first-order valence-corrected chi connectivity index (χ1v) is 15.5. The lowest BCUT2D eigenvalue weighted by atomic mass is 9.74. The van der Waals surface area contributed by atoms with Gasteiger partial charge < -0.3 is 15.2 Å². The summed E-state index contributed by atoms with van der Waals surface area (Å²) in [6, 6.07) is 10.1. The Morgan fingerprint density at radius 2 is 1.88 bits per heavy atom. The molecule has 5 nitrogen and oxygen atoms in total. The van der Waals surface area contributed by atoms with Gasteiger partial charge >= 0.3 is 5.97 Å². The van der Waals surface area contributed by atoms with Crippen molar-refractivity contribution in [3.8, 4) is 16.9 Å². The number of unbranched alkanes of at least 4 members (excludes halogenated alkanes) is 1. The number of carboxylic acid groups (broad SMARTS) is 1. The number of halogens is 1. The Hall–Kier alpha value is -2.73. The van der Waals surface area contributed by atoms with Gasteiger partial charge in [-0.25, -0.2) is 9.18 Å². The van der Waals surface area contributed by atoms with Crippen LogP contribution in [0.5, 0.6) is 5.75 Å². The van der Waals surface area contributed by atoms with Gasteiger partial charge in [0.1, 0.15) is 17.3 Å². The molecule has 4 aliphatic rings. The lowest BCUT2D eigenvalue weighted by Crippen LogP contribution is -2.45. The summed E-state index contributed by atoms with van der Waals surface area (Å²) in [6.45, 7) is 0.869. The molecule has 0 aromatic heterocycles. The topological polar surface area (TPSA) is 75.6 Å². The summed E-state index contributed by atoms with van der Waals surface area (Å²) in [6.07, 6.45) is 14.7. The Bertz CT molecular complexity index is 1250. The van der Waals surface area contributed by atoms with E-state index in [-0.39, 0.29) is 29.3 Å². The maximum atomic E-state index is 15.0. The third-order valence-electron chi connectivity index (χ3n) is 10.3. The molecule has 1 aliphatic heterocycles. The van der Waals surface area contributed by atoms with Crippen LogP contribution in [0.2, 0.25) is 0 Å². The fourth-order valence-electron chi connectivity index (χ4n) is 7.54. The zero-order valence-electron chi connectivity index (χ0n) is 23.4. The molecule has 0 radical (unpaired) electrons. The molecule has 2 aromatic carbocycles. The standard InChI is InChI=1S/C34H42FNO4/c35-29-10-4-9-27(32(29)23-7-3-8-23)28-19-24(33(38)39)13-15-31(28)40-26-14-12-22(18-26)6-1-2-11-30(37)25-20-34(36-21-25)16-5-17-34/h4,9-10,13,15,19,22-23,25-26,36H,1-3,5-8,11-12,14,16-18,20-21H2,(H,38,39)/t22-,25-,26-/m1/s1. The minimum atomic E-state index is -0.999. The molecule has 6 rings (SSSR count). The van der Waals surface area contributed by atoms with E-state index >= 15 is 4.39 Å². The number of carboxylic acids is 1. The van der Waals surface area contributed by atoms with Crippen LogP contribution in [0.25, 0.3) is 11.1 Å². The molecular weight excluding hydrogens is 505 g/mol. The Labute approximate surface area is 236 Å². The summed E-state index contributed by atoms with van der Waals surface area (Å²) in [4.78, 5) is 24.5. The van der Waals surface area contributed by atoms with Crippen LogP contribution in [0.3, 0.4) is 0 Å². The Morgan fingerprint density at radius 3 is 2.58 bits per heavy atom. The third-order valence-corrected chi connectivity index (χ3v) is 10.3. The summed E-state index contributed by atoms with van der Waals surface area (Å²) in [5.41, 5.74) is 2.59. The summed E-state index contributed by atoms with van der Waals surface area (Å²) < 4.78 is 21.5. The van der Waals surface area contributed by atoms with E-state index < -0.39 is 5.97 Å². The van der Waals surface area contributed by atoms with E-state index in [2.05, 4.69) is 5.32 Å². The monoisotopic (exact) mass is 547 g/mol. The fourth-order valence-corrected chi connectivity index (χ4v) is 7.54. The molecule has 1 heterocycles. The highest BCUT2D eigenvalue weighted by atomic mass is 19.1. The molecule has 1 spiro atoms. The number of benzene rings is 2. The maximum Gasteiger partial charge on any atom is 0.335 e. The number of Topliss-reactive ketones (excluding diaryl/α,β-unsaturated/α-hetero) is 1. The molecule has 40 heavy (non-hydrogen) atoms. The van der Waals surface area contributed by atoms with Crippen LogP contribution < -0.4 is 10.1 Å². The van der Waals surface area contributed by atoms with Gasteiger partial charge in [-0.1, -0.05) is 31.4 Å². The molecule has 2 aromatic rings. The Morgan fingerprint density at radius 1 is 1.02 bits per heavy atom. The zero-order valence-corrected chi connectivity index (χ0v) is 23.4. The first-order chi connectivity index (χ1) is 19.4.